The molecule has 4 heteroatoms. The van der Waals surface area contributed by atoms with E-state index in [1.807, 2.05) is 0 Å². The molecular weight excluding hydrogens is 207 g/mol. The smallest absolute Gasteiger partial charge is 0.214 e. The first-order valence-electron chi connectivity index (χ1n) is 5.78. The molecule has 0 spiro atoms. The van der Waals surface area contributed by atoms with Crippen LogP contribution in [0.4, 0.5) is 10.2 Å². The highest BCUT2D eigenvalue weighted by molar-refractivity contribution is 5.33. The van der Waals surface area contributed by atoms with Gasteiger partial charge in [0.1, 0.15) is 5.82 Å². The normalized spacial score (nSPS) is 25.4. The van der Waals surface area contributed by atoms with E-state index in [1.165, 1.54) is 6.07 Å². The third-order valence-electron chi connectivity index (χ3n) is 3.04. The minimum atomic E-state index is -0.464. The summed E-state index contributed by atoms with van der Waals surface area (Å²) in [5, 5.41) is 12.6. The molecule has 0 amide bonds. The van der Waals surface area contributed by atoms with Gasteiger partial charge in [-0.05, 0) is 37.3 Å². The number of aliphatic hydroxyl groups is 1. The number of nitrogens with one attached hydrogen (secondary N) is 1. The second-order valence-electron chi connectivity index (χ2n) is 4.41. The van der Waals surface area contributed by atoms with E-state index in [9.17, 15) is 9.50 Å². The van der Waals surface area contributed by atoms with Gasteiger partial charge in [0, 0.05) is 6.54 Å². The maximum absolute atomic E-state index is 12.8. The Kier molecular flexibility index (Phi) is 3.72. The fourth-order valence-electron chi connectivity index (χ4n) is 2.20. The molecule has 88 valence electrons. The van der Waals surface area contributed by atoms with E-state index in [-0.39, 0.29) is 6.10 Å². The van der Waals surface area contributed by atoms with Gasteiger partial charge >= 0.3 is 0 Å². The van der Waals surface area contributed by atoms with E-state index in [4.69, 9.17) is 0 Å². The molecule has 1 aliphatic carbocycles. The van der Waals surface area contributed by atoms with Gasteiger partial charge in [-0.15, -0.1) is 0 Å². The molecule has 0 radical (unpaired) electrons. The molecule has 16 heavy (non-hydrogen) atoms. The third kappa shape index (κ3) is 3.17. The van der Waals surface area contributed by atoms with E-state index >= 15 is 0 Å². The van der Waals surface area contributed by atoms with Crippen LogP contribution in [0.1, 0.15) is 25.7 Å². The number of hydrogen-bond donors (Lipinski definition) is 2. The number of halogens is 1. The number of aliphatic hydroxyl groups excluding tert-OH is 1. The van der Waals surface area contributed by atoms with Crippen molar-refractivity contribution in [3.05, 3.63) is 24.1 Å². The van der Waals surface area contributed by atoms with Gasteiger partial charge in [-0.2, -0.15) is 4.39 Å². The van der Waals surface area contributed by atoms with Crippen molar-refractivity contribution in [1.29, 1.82) is 0 Å². The summed E-state index contributed by atoms with van der Waals surface area (Å²) in [6.45, 7) is 0.757. The Morgan fingerprint density at radius 2 is 2.31 bits per heavy atom. The molecule has 1 aliphatic rings. The van der Waals surface area contributed by atoms with Crippen LogP contribution in [0, 0.1) is 11.9 Å². The van der Waals surface area contributed by atoms with Crippen molar-refractivity contribution in [2.24, 2.45) is 5.92 Å². The fourth-order valence-corrected chi connectivity index (χ4v) is 2.20. The molecule has 2 atom stereocenters. The van der Waals surface area contributed by atoms with Gasteiger partial charge in [0.05, 0.1) is 6.10 Å². The zero-order chi connectivity index (χ0) is 11.4. The average Bonchev–Trinajstić information content (AvgIpc) is 2.27. The van der Waals surface area contributed by atoms with Crippen molar-refractivity contribution < 1.29 is 9.50 Å². The lowest BCUT2D eigenvalue weighted by Gasteiger charge is -2.26. The molecule has 1 heterocycles. The molecule has 1 aromatic rings. The Hall–Kier alpha value is -1.16. The summed E-state index contributed by atoms with van der Waals surface area (Å²) in [7, 11) is 0. The van der Waals surface area contributed by atoms with Gasteiger partial charge in [0.25, 0.3) is 0 Å². The highest BCUT2D eigenvalue weighted by Gasteiger charge is 2.19. The quantitative estimate of drug-likeness (QED) is 0.773. The topological polar surface area (TPSA) is 45.1 Å². The molecule has 0 bridgehead atoms. The molecule has 1 aromatic heterocycles. The van der Waals surface area contributed by atoms with Crippen molar-refractivity contribution in [1.82, 2.24) is 4.98 Å². The van der Waals surface area contributed by atoms with E-state index < -0.39 is 5.95 Å². The summed E-state index contributed by atoms with van der Waals surface area (Å²) in [4.78, 5) is 3.74. The van der Waals surface area contributed by atoms with E-state index in [1.54, 1.807) is 12.1 Å². The lowest BCUT2D eigenvalue weighted by Crippen LogP contribution is -2.25. The number of aromatic nitrogens is 1. The van der Waals surface area contributed by atoms with Crippen LogP contribution < -0.4 is 5.32 Å². The van der Waals surface area contributed by atoms with Gasteiger partial charge in [0.15, 0.2) is 0 Å². The zero-order valence-electron chi connectivity index (χ0n) is 9.19. The number of rotatable bonds is 3. The Balaban J connectivity index is 1.82. The molecule has 1 saturated carbocycles. The standard InChI is InChI=1S/C12H17FN2O/c13-11-5-2-6-12(15-11)14-8-9-3-1-4-10(16)7-9/h2,5-6,9-10,16H,1,3-4,7-8H2,(H,14,15). The molecule has 1 fully saturated rings. The Bertz CT molecular complexity index is 346. The number of pyridine rings is 1. The van der Waals surface area contributed by atoms with Crippen LogP contribution >= 0.6 is 0 Å². The average molecular weight is 224 g/mol. The Morgan fingerprint density at radius 1 is 1.44 bits per heavy atom. The van der Waals surface area contributed by atoms with E-state index in [2.05, 4.69) is 10.3 Å². The molecule has 2 N–H and O–H groups in total. The molecule has 3 nitrogen and oxygen atoms in total. The zero-order valence-corrected chi connectivity index (χ0v) is 9.19. The predicted octanol–water partition coefficient (Wildman–Crippen LogP) is 2.18. The van der Waals surface area contributed by atoms with Crippen molar-refractivity contribution in [3.63, 3.8) is 0 Å². The van der Waals surface area contributed by atoms with E-state index in [0.29, 0.717) is 11.7 Å². The molecule has 0 aliphatic heterocycles. The van der Waals surface area contributed by atoms with E-state index in [0.717, 1.165) is 32.2 Å². The lowest BCUT2D eigenvalue weighted by atomic mass is 9.87. The summed E-state index contributed by atoms with van der Waals surface area (Å²) >= 11 is 0. The number of hydrogen-bond acceptors (Lipinski definition) is 3. The van der Waals surface area contributed by atoms with Crippen LogP contribution in [0.2, 0.25) is 0 Å². The monoisotopic (exact) mass is 224 g/mol. The molecule has 2 unspecified atom stereocenters. The Labute approximate surface area is 94.7 Å². The first kappa shape index (κ1) is 11.3. The van der Waals surface area contributed by atoms with Crippen molar-refractivity contribution in [2.45, 2.75) is 31.8 Å². The summed E-state index contributed by atoms with van der Waals surface area (Å²) in [6.07, 6.45) is 3.78. The van der Waals surface area contributed by atoms with Crippen LogP contribution in [0.5, 0.6) is 0 Å². The first-order chi connectivity index (χ1) is 7.74. The molecule has 0 saturated heterocycles. The highest BCUT2D eigenvalue weighted by atomic mass is 19.1. The minimum Gasteiger partial charge on any atom is -0.393 e. The highest BCUT2D eigenvalue weighted by Crippen LogP contribution is 2.24. The van der Waals surface area contributed by atoms with Gasteiger partial charge in [0.2, 0.25) is 5.95 Å². The molecule has 0 aromatic carbocycles. The van der Waals surface area contributed by atoms with Gasteiger partial charge < -0.3 is 10.4 Å². The van der Waals surface area contributed by atoms with Gasteiger partial charge in [-0.25, -0.2) is 4.98 Å². The summed E-state index contributed by atoms with van der Waals surface area (Å²) in [5.41, 5.74) is 0. The molecule has 2 rings (SSSR count). The van der Waals surface area contributed by atoms with Gasteiger partial charge in [-0.1, -0.05) is 12.5 Å². The first-order valence-corrected chi connectivity index (χ1v) is 5.78. The second-order valence-corrected chi connectivity index (χ2v) is 4.41. The fraction of sp³-hybridized carbons (Fsp3) is 0.583. The lowest BCUT2D eigenvalue weighted by molar-refractivity contribution is 0.104. The Morgan fingerprint density at radius 3 is 3.06 bits per heavy atom. The van der Waals surface area contributed by atoms with Crippen LogP contribution in [-0.2, 0) is 0 Å². The van der Waals surface area contributed by atoms with Crippen molar-refractivity contribution in [3.8, 4) is 0 Å². The van der Waals surface area contributed by atoms with Crippen LogP contribution in [0.3, 0.4) is 0 Å². The van der Waals surface area contributed by atoms with Crippen molar-refractivity contribution >= 4 is 5.82 Å². The van der Waals surface area contributed by atoms with Gasteiger partial charge in [-0.3, -0.25) is 0 Å². The minimum absolute atomic E-state index is 0.166. The van der Waals surface area contributed by atoms with Crippen molar-refractivity contribution in [2.75, 3.05) is 11.9 Å². The maximum atomic E-state index is 12.8. The second kappa shape index (κ2) is 5.25. The molecular formula is C12H17FN2O. The van der Waals surface area contributed by atoms with Crippen LogP contribution in [0.25, 0.3) is 0 Å². The largest absolute Gasteiger partial charge is 0.393 e. The summed E-state index contributed by atoms with van der Waals surface area (Å²) in [6, 6.07) is 4.72. The summed E-state index contributed by atoms with van der Waals surface area (Å²) < 4.78 is 12.8. The van der Waals surface area contributed by atoms with Crippen LogP contribution in [-0.4, -0.2) is 22.7 Å². The number of nitrogens with zero attached hydrogens (tertiary/aromatic N) is 1. The summed E-state index contributed by atoms with van der Waals surface area (Å²) in [5.74, 6) is 0.572. The van der Waals surface area contributed by atoms with Crippen LogP contribution in [0.15, 0.2) is 18.2 Å². The predicted molar refractivity (Wildman–Crippen MR) is 60.6 cm³/mol. The SMILES string of the molecule is OC1CCCC(CNc2cccc(F)n2)C1. The number of anilines is 1. The third-order valence-corrected chi connectivity index (χ3v) is 3.04. The maximum Gasteiger partial charge on any atom is 0.214 e.